The van der Waals surface area contributed by atoms with E-state index in [0.29, 0.717) is 28.8 Å². The van der Waals surface area contributed by atoms with Crippen LogP contribution < -0.4 is 10.2 Å². The Hall–Kier alpha value is -3.39. The van der Waals surface area contributed by atoms with Crippen LogP contribution in [-0.4, -0.2) is 84.4 Å². The van der Waals surface area contributed by atoms with Crippen LogP contribution in [0.3, 0.4) is 0 Å². The van der Waals surface area contributed by atoms with Gasteiger partial charge in [0.05, 0.1) is 37.6 Å². The highest BCUT2D eigenvalue weighted by molar-refractivity contribution is 5.94. The molecule has 0 radical (unpaired) electrons. The Morgan fingerprint density at radius 2 is 1.68 bits per heavy atom. The van der Waals surface area contributed by atoms with Gasteiger partial charge in [0, 0.05) is 23.9 Å². The fraction of sp³-hybridized carbons (Fsp3) is 0.483. The zero-order valence-corrected chi connectivity index (χ0v) is 22.9. The molecule has 1 saturated heterocycles. The molecule has 0 unspecified atom stereocenters. The Bertz CT molecular complexity index is 1520. The number of methoxy groups -OCH3 is 1. The predicted octanol–water partition coefficient (Wildman–Crippen LogP) is 1.33. The molecule has 41 heavy (non-hydrogen) atoms. The minimum atomic E-state index is -1.49. The van der Waals surface area contributed by atoms with Gasteiger partial charge in [-0.2, -0.15) is 0 Å². The van der Waals surface area contributed by atoms with E-state index in [2.05, 4.69) is 14.9 Å². The van der Waals surface area contributed by atoms with Gasteiger partial charge in [-0.3, -0.25) is 9.48 Å². The number of rotatable bonds is 12. The van der Waals surface area contributed by atoms with Gasteiger partial charge in [-0.1, -0.05) is 30.2 Å². The van der Waals surface area contributed by atoms with E-state index < -0.39 is 37.3 Å². The first-order valence-corrected chi connectivity index (χ1v) is 13.8. The Labute approximate surface area is 236 Å². The Kier molecular flexibility index (Phi) is 9.28. The van der Waals surface area contributed by atoms with Crippen LogP contribution in [0.2, 0.25) is 0 Å². The number of aromatic nitrogens is 4. The maximum Gasteiger partial charge on any atom is 0.197 e. The van der Waals surface area contributed by atoms with Crippen LogP contribution in [0.15, 0.2) is 53.5 Å². The molecule has 1 aliphatic rings. The van der Waals surface area contributed by atoms with Crippen LogP contribution >= 0.6 is 0 Å². The number of hydrogen-bond acceptors (Lipinski definition) is 10. The normalized spacial score (nSPS) is 22.9. The molecule has 0 bridgehead atoms. The summed E-state index contributed by atoms with van der Waals surface area (Å²) in [7, 11) is 1.60. The van der Waals surface area contributed by atoms with Gasteiger partial charge in [0.1, 0.15) is 35.9 Å². The van der Waals surface area contributed by atoms with E-state index in [-0.39, 0.29) is 12.0 Å². The van der Waals surface area contributed by atoms with Crippen LogP contribution in [-0.2, 0) is 29.2 Å². The number of unbranched alkanes of at least 4 members (excludes halogenated alkanes) is 3. The lowest BCUT2D eigenvalue weighted by molar-refractivity contribution is -0.304. The summed E-state index contributed by atoms with van der Waals surface area (Å²) >= 11 is 0. The molecule has 220 valence electrons. The standard InChI is InChI=1S/C29H36N4O8/c1-39-19-10-11-23-21(14-19)25(35)20-8-4-5-9-22(20)33(23)13-7-3-2-6-12-32-15-18(30-31-32)17-40-29-28(38)27(37)26(36)24(16-34)41-29/h4-5,8-11,14-15,24,26-29,34,36-38H,2-3,6-7,12-13,16-17H2,1H3/t24-,26-,27+,28-,29-/m1/s1. The zero-order valence-electron chi connectivity index (χ0n) is 22.9. The molecule has 5 atom stereocenters. The average Bonchev–Trinajstić information content (AvgIpc) is 3.46. The highest BCUT2D eigenvalue weighted by Crippen LogP contribution is 2.25. The van der Waals surface area contributed by atoms with E-state index in [9.17, 15) is 25.2 Å². The number of aryl methyl sites for hydroxylation is 2. The third kappa shape index (κ3) is 6.27. The Morgan fingerprint density at radius 3 is 2.46 bits per heavy atom. The molecule has 0 spiro atoms. The molecule has 1 fully saturated rings. The van der Waals surface area contributed by atoms with Gasteiger partial charge >= 0.3 is 0 Å². The maximum atomic E-state index is 13.1. The molecule has 1 aliphatic heterocycles. The number of fused-ring (bicyclic) bond motifs is 2. The number of benzene rings is 2. The lowest BCUT2D eigenvalue weighted by atomic mass is 9.99. The van der Waals surface area contributed by atoms with Gasteiger partial charge in [0.25, 0.3) is 0 Å². The second kappa shape index (κ2) is 13.1. The van der Waals surface area contributed by atoms with Crippen LogP contribution in [0.4, 0.5) is 0 Å². The van der Waals surface area contributed by atoms with Crippen molar-refractivity contribution in [2.24, 2.45) is 0 Å². The van der Waals surface area contributed by atoms with Crippen molar-refractivity contribution in [1.29, 1.82) is 0 Å². The second-order valence-electron chi connectivity index (χ2n) is 10.3. The topological polar surface area (TPSA) is 161 Å². The molecular formula is C29H36N4O8. The third-order valence-electron chi connectivity index (χ3n) is 7.53. The van der Waals surface area contributed by atoms with Gasteiger partial charge in [0.15, 0.2) is 11.7 Å². The van der Waals surface area contributed by atoms with Gasteiger partial charge in [0.2, 0.25) is 0 Å². The highest BCUT2D eigenvalue weighted by atomic mass is 16.7. The van der Waals surface area contributed by atoms with Crippen molar-refractivity contribution in [2.75, 3.05) is 13.7 Å². The molecule has 0 saturated carbocycles. The SMILES string of the molecule is COc1ccc2c(c1)c(=O)c1ccccc1n2CCCCCCn1cc(CO[C@@H]2O[C@H](CO)[C@@H](O)[C@H](O)[C@H]2O)nn1. The highest BCUT2D eigenvalue weighted by Gasteiger charge is 2.44. The molecule has 2 aromatic carbocycles. The summed E-state index contributed by atoms with van der Waals surface area (Å²) in [6, 6.07) is 13.3. The minimum Gasteiger partial charge on any atom is -0.497 e. The molecular weight excluding hydrogens is 532 g/mol. The number of ether oxygens (including phenoxy) is 3. The van der Waals surface area contributed by atoms with Crippen molar-refractivity contribution < 1.29 is 34.6 Å². The number of hydrogen-bond donors (Lipinski definition) is 4. The first-order valence-electron chi connectivity index (χ1n) is 13.8. The lowest BCUT2D eigenvalue weighted by Gasteiger charge is -2.39. The Morgan fingerprint density at radius 1 is 0.927 bits per heavy atom. The van der Waals surface area contributed by atoms with Crippen molar-refractivity contribution in [3.63, 3.8) is 0 Å². The van der Waals surface area contributed by atoms with E-state index in [1.807, 2.05) is 42.5 Å². The first-order chi connectivity index (χ1) is 19.9. The largest absolute Gasteiger partial charge is 0.497 e. The number of aliphatic hydroxyl groups is 4. The summed E-state index contributed by atoms with van der Waals surface area (Å²) in [6.07, 6.45) is -1.05. The molecule has 3 heterocycles. The van der Waals surface area contributed by atoms with Crippen LogP contribution in [0.25, 0.3) is 21.8 Å². The summed E-state index contributed by atoms with van der Waals surface area (Å²) in [5.74, 6) is 0.660. The number of nitrogens with zero attached hydrogens (tertiary/aromatic N) is 4. The van der Waals surface area contributed by atoms with Crippen molar-refractivity contribution in [1.82, 2.24) is 19.6 Å². The molecule has 0 amide bonds. The zero-order chi connectivity index (χ0) is 28.9. The summed E-state index contributed by atoms with van der Waals surface area (Å²) in [6.45, 7) is 0.924. The van der Waals surface area contributed by atoms with Gasteiger partial charge in [-0.25, -0.2) is 0 Å². The minimum absolute atomic E-state index is 0.0107. The van der Waals surface area contributed by atoms with E-state index in [1.54, 1.807) is 18.0 Å². The smallest absolute Gasteiger partial charge is 0.197 e. The van der Waals surface area contributed by atoms with E-state index >= 15 is 0 Å². The number of para-hydroxylation sites is 1. The quantitative estimate of drug-likeness (QED) is 0.145. The van der Waals surface area contributed by atoms with Crippen LogP contribution in [0, 0.1) is 0 Å². The molecule has 0 aliphatic carbocycles. The van der Waals surface area contributed by atoms with E-state index in [0.717, 1.165) is 43.3 Å². The lowest BCUT2D eigenvalue weighted by Crippen LogP contribution is -2.59. The summed E-state index contributed by atoms with van der Waals surface area (Å²) in [5, 5.41) is 48.7. The third-order valence-corrected chi connectivity index (χ3v) is 7.53. The first kappa shape index (κ1) is 29.1. The fourth-order valence-corrected chi connectivity index (χ4v) is 5.26. The van der Waals surface area contributed by atoms with Crippen molar-refractivity contribution >= 4 is 21.8 Å². The molecule has 4 N–H and O–H groups in total. The second-order valence-corrected chi connectivity index (χ2v) is 10.3. The molecule has 4 aromatic rings. The number of pyridine rings is 1. The molecule has 12 nitrogen and oxygen atoms in total. The van der Waals surface area contributed by atoms with Crippen LogP contribution in [0.1, 0.15) is 31.4 Å². The van der Waals surface area contributed by atoms with Crippen molar-refractivity contribution in [2.45, 2.75) is 76.1 Å². The fourth-order valence-electron chi connectivity index (χ4n) is 5.26. The van der Waals surface area contributed by atoms with E-state index in [1.165, 1.54) is 0 Å². The summed E-state index contributed by atoms with van der Waals surface area (Å²) in [4.78, 5) is 13.1. The van der Waals surface area contributed by atoms with Crippen molar-refractivity contribution in [3.05, 3.63) is 64.6 Å². The van der Waals surface area contributed by atoms with Crippen LogP contribution in [0.5, 0.6) is 5.75 Å². The molecule has 12 heteroatoms. The maximum absolute atomic E-state index is 13.1. The predicted molar refractivity (Wildman–Crippen MR) is 149 cm³/mol. The van der Waals surface area contributed by atoms with Crippen molar-refractivity contribution in [3.8, 4) is 5.75 Å². The van der Waals surface area contributed by atoms with Gasteiger partial charge in [-0.05, 0) is 43.2 Å². The van der Waals surface area contributed by atoms with E-state index in [4.69, 9.17) is 14.2 Å². The monoisotopic (exact) mass is 568 g/mol. The van der Waals surface area contributed by atoms with Gasteiger partial charge < -0.3 is 39.2 Å². The van der Waals surface area contributed by atoms with Gasteiger partial charge in [-0.15, -0.1) is 5.10 Å². The average molecular weight is 569 g/mol. The summed E-state index contributed by atoms with van der Waals surface area (Å²) < 4.78 is 20.2. The summed E-state index contributed by atoms with van der Waals surface area (Å²) in [5.41, 5.74) is 2.36. The molecule has 5 rings (SSSR count). The number of aliphatic hydroxyl groups excluding tert-OH is 4. The Balaban J connectivity index is 1.11. The molecule has 2 aromatic heterocycles.